The van der Waals surface area contributed by atoms with E-state index in [0.29, 0.717) is 22.8 Å². The molecule has 0 unspecified atom stereocenters. The van der Waals surface area contributed by atoms with Crippen LogP contribution in [0.2, 0.25) is 0 Å². The number of hydrogen-bond acceptors (Lipinski definition) is 5. The van der Waals surface area contributed by atoms with E-state index in [1.165, 1.54) is 0 Å². The first-order chi connectivity index (χ1) is 9.13. The lowest BCUT2D eigenvalue weighted by atomic mass is 10.2. The molecule has 2 aromatic rings. The normalized spacial score (nSPS) is 10.4. The van der Waals surface area contributed by atoms with Crippen molar-refractivity contribution in [3.8, 4) is 0 Å². The number of aromatic nitrogens is 2. The number of hydrogen-bond donors (Lipinski definition) is 1. The fourth-order valence-electron chi connectivity index (χ4n) is 1.81. The van der Waals surface area contributed by atoms with Gasteiger partial charge in [-0.3, -0.25) is 4.79 Å². The molecule has 0 aliphatic rings. The van der Waals surface area contributed by atoms with Gasteiger partial charge in [0.2, 0.25) is 0 Å². The Bertz CT molecular complexity index is 582. The van der Waals surface area contributed by atoms with Crippen LogP contribution in [0, 0.1) is 6.92 Å². The van der Waals surface area contributed by atoms with Crippen LogP contribution in [-0.2, 0) is 0 Å². The topological polar surface area (TPSA) is 72.1 Å². The van der Waals surface area contributed by atoms with Crippen LogP contribution in [0.3, 0.4) is 0 Å². The highest BCUT2D eigenvalue weighted by Crippen LogP contribution is 2.22. The molecule has 5 nitrogen and oxygen atoms in total. The summed E-state index contributed by atoms with van der Waals surface area (Å²) in [7, 11) is 0. The summed E-state index contributed by atoms with van der Waals surface area (Å²) in [6.07, 6.45) is 0.867. The number of amides is 1. The van der Waals surface area contributed by atoms with E-state index in [0.717, 1.165) is 23.6 Å². The molecule has 1 amide bonds. The van der Waals surface area contributed by atoms with E-state index in [1.807, 2.05) is 19.1 Å². The first-order valence-electron chi connectivity index (χ1n) is 6.10. The van der Waals surface area contributed by atoms with E-state index < -0.39 is 0 Å². The zero-order valence-electron chi connectivity index (χ0n) is 11.0. The maximum atomic E-state index is 12.5. The van der Waals surface area contributed by atoms with Crippen LogP contribution in [0.4, 0.5) is 11.4 Å². The molecular weight excluding hydrogens is 260 g/mol. The van der Waals surface area contributed by atoms with Gasteiger partial charge in [0.15, 0.2) is 0 Å². The molecule has 0 bridgehead atoms. The van der Waals surface area contributed by atoms with Crippen molar-refractivity contribution in [1.82, 2.24) is 9.59 Å². The Morgan fingerprint density at radius 2 is 2.26 bits per heavy atom. The number of aryl methyl sites for hydroxylation is 1. The van der Waals surface area contributed by atoms with E-state index in [9.17, 15) is 4.79 Å². The van der Waals surface area contributed by atoms with Crippen molar-refractivity contribution in [2.45, 2.75) is 20.3 Å². The Hall–Kier alpha value is -1.95. The number of nitrogens with zero attached hydrogens (tertiary/aromatic N) is 3. The smallest absolute Gasteiger partial charge is 0.271 e. The number of nitrogen functional groups attached to an aromatic ring is 1. The first-order valence-corrected chi connectivity index (χ1v) is 6.87. The van der Waals surface area contributed by atoms with Gasteiger partial charge in [-0.25, -0.2) is 0 Å². The van der Waals surface area contributed by atoms with E-state index in [4.69, 9.17) is 5.73 Å². The highest BCUT2D eigenvalue weighted by molar-refractivity contribution is 7.08. The first kappa shape index (κ1) is 13.5. The maximum absolute atomic E-state index is 12.5. The summed E-state index contributed by atoms with van der Waals surface area (Å²) in [5, 5.41) is 3.89. The van der Waals surface area contributed by atoms with E-state index >= 15 is 0 Å². The molecule has 0 fully saturated rings. The molecule has 0 saturated heterocycles. The third kappa shape index (κ3) is 2.90. The minimum atomic E-state index is -0.0695. The predicted molar refractivity (Wildman–Crippen MR) is 77.5 cm³/mol. The molecule has 0 spiro atoms. The molecule has 1 aromatic heterocycles. The standard InChI is InChI=1S/C13H16N4OS/c1-3-7-17(11-6-4-5-10(14)8-11)13(18)12-9(2)15-16-19-12/h4-6,8H,3,7,14H2,1-2H3. The SMILES string of the molecule is CCCN(C(=O)c1snnc1C)c1cccc(N)c1. The zero-order valence-corrected chi connectivity index (χ0v) is 11.8. The minimum absolute atomic E-state index is 0.0695. The Labute approximate surface area is 116 Å². The molecule has 0 aliphatic heterocycles. The van der Waals surface area contributed by atoms with E-state index in [1.54, 1.807) is 24.0 Å². The largest absolute Gasteiger partial charge is 0.399 e. The number of benzene rings is 1. The number of anilines is 2. The molecular formula is C13H16N4OS. The molecule has 6 heteroatoms. The lowest BCUT2D eigenvalue weighted by molar-refractivity contribution is 0.0990. The monoisotopic (exact) mass is 276 g/mol. The van der Waals surface area contributed by atoms with Crippen molar-refractivity contribution in [3.05, 3.63) is 34.8 Å². The molecule has 100 valence electrons. The summed E-state index contributed by atoms with van der Waals surface area (Å²) in [5.74, 6) is -0.0695. The average molecular weight is 276 g/mol. The second-order valence-electron chi connectivity index (χ2n) is 4.24. The van der Waals surface area contributed by atoms with Gasteiger partial charge < -0.3 is 10.6 Å². The fourth-order valence-corrected chi connectivity index (χ4v) is 2.42. The average Bonchev–Trinajstić information content (AvgIpc) is 2.81. The van der Waals surface area contributed by atoms with Gasteiger partial charge in [0.05, 0.1) is 5.69 Å². The van der Waals surface area contributed by atoms with Crippen molar-refractivity contribution in [1.29, 1.82) is 0 Å². The Kier molecular flexibility index (Phi) is 4.11. The number of carbonyl (C=O) groups is 1. The van der Waals surface area contributed by atoms with Crippen molar-refractivity contribution in [2.24, 2.45) is 0 Å². The molecule has 0 atom stereocenters. The molecule has 0 saturated carbocycles. The Morgan fingerprint density at radius 3 is 2.84 bits per heavy atom. The van der Waals surface area contributed by atoms with Gasteiger partial charge in [0, 0.05) is 17.9 Å². The van der Waals surface area contributed by atoms with Gasteiger partial charge >= 0.3 is 0 Å². The maximum Gasteiger partial charge on any atom is 0.271 e. The second-order valence-corrected chi connectivity index (χ2v) is 4.99. The fraction of sp³-hybridized carbons (Fsp3) is 0.308. The second kappa shape index (κ2) is 5.79. The van der Waals surface area contributed by atoms with Crippen LogP contribution in [0.1, 0.15) is 28.7 Å². The van der Waals surface area contributed by atoms with Gasteiger partial charge in [-0.1, -0.05) is 17.5 Å². The third-order valence-electron chi connectivity index (χ3n) is 2.72. The van der Waals surface area contributed by atoms with Crippen LogP contribution >= 0.6 is 11.5 Å². The summed E-state index contributed by atoms with van der Waals surface area (Å²) in [5.41, 5.74) is 7.90. The molecule has 0 radical (unpaired) electrons. The minimum Gasteiger partial charge on any atom is -0.399 e. The predicted octanol–water partition coefficient (Wildman–Crippen LogP) is 2.49. The van der Waals surface area contributed by atoms with Crippen molar-refractivity contribution >= 4 is 28.8 Å². The van der Waals surface area contributed by atoms with Crippen molar-refractivity contribution in [2.75, 3.05) is 17.2 Å². The van der Waals surface area contributed by atoms with Gasteiger partial charge in [0.25, 0.3) is 5.91 Å². The summed E-state index contributed by atoms with van der Waals surface area (Å²) in [4.78, 5) is 14.8. The number of nitrogens with two attached hydrogens (primary N) is 1. The quantitative estimate of drug-likeness (QED) is 0.871. The summed E-state index contributed by atoms with van der Waals surface area (Å²) in [6.45, 7) is 4.46. The molecule has 19 heavy (non-hydrogen) atoms. The van der Waals surface area contributed by atoms with Crippen LogP contribution in [-0.4, -0.2) is 22.0 Å². The molecule has 1 aromatic carbocycles. The van der Waals surface area contributed by atoms with Gasteiger partial charge in [-0.2, -0.15) is 0 Å². The summed E-state index contributed by atoms with van der Waals surface area (Å²) in [6, 6.07) is 7.33. The van der Waals surface area contributed by atoms with Gasteiger partial charge in [-0.15, -0.1) is 5.10 Å². The molecule has 2 N–H and O–H groups in total. The third-order valence-corrected chi connectivity index (χ3v) is 3.54. The van der Waals surface area contributed by atoms with Crippen LogP contribution in [0.5, 0.6) is 0 Å². The van der Waals surface area contributed by atoms with Crippen LogP contribution in [0.15, 0.2) is 24.3 Å². The lowest BCUT2D eigenvalue weighted by Gasteiger charge is -2.21. The van der Waals surface area contributed by atoms with Gasteiger partial charge in [-0.05, 0) is 43.1 Å². The van der Waals surface area contributed by atoms with Crippen molar-refractivity contribution in [3.63, 3.8) is 0 Å². The van der Waals surface area contributed by atoms with Gasteiger partial charge in [0.1, 0.15) is 4.88 Å². The van der Waals surface area contributed by atoms with E-state index in [2.05, 4.69) is 9.59 Å². The number of carbonyl (C=O) groups excluding carboxylic acids is 1. The van der Waals surface area contributed by atoms with Crippen LogP contribution < -0.4 is 10.6 Å². The molecule has 2 rings (SSSR count). The highest BCUT2D eigenvalue weighted by Gasteiger charge is 2.21. The van der Waals surface area contributed by atoms with E-state index in [-0.39, 0.29) is 5.91 Å². The lowest BCUT2D eigenvalue weighted by Crippen LogP contribution is -2.31. The zero-order chi connectivity index (χ0) is 13.8. The Balaban J connectivity index is 2.35. The van der Waals surface area contributed by atoms with Crippen LogP contribution in [0.25, 0.3) is 0 Å². The van der Waals surface area contributed by atoms with Crippen molar-refractivity contribution < 1.29 is 4.79 Å². The number of rotatable bonds is 4. The highest BCUT2D eigenvalue weighted by atomic mass is 32.1. The molecule has 1 heterocycles. The Morgan fingerprint density at radius 1 is 1.47 bits per heavy atom. The summed E-state index contributed by atoms with van der Waals surface area (Å²) < 4.78 is 3.82. The summed E-state index contributed by atoms with van der Waals surface area (Å²) >= 11 is 1.13. The molecule has 0 aliphatic carbocycles.